The number of ether oxygens (including phenoxy) is 2. The highest BCUT2D eigenvalue weighted by Gasteiger charge is 2.13. The Morgan fingerprint density at radius 2 is 1.92 bits per heavy atom. The fraction of sp³-hybridized carbons (Fsp3) is 0.235. The molecule has 0 aliphatic carbocycles. The quantitative estimate of drug-likeness (QED) is 0.811. The zero-order valence-electron chi connectivity index (χ0n) is 13.3. The molecule has 1 N–H and O–H groups in total. The number of amides is 2. The molecule has 2 amide bonds. The van der Waals surface area contributed by atoms with Crippen molar-refractivity contribution >= 4 is 29.1 Å². The molecule has 0 saturated heterocycles. The lowest BCUT2D eigenvalue weighted by Gasteiger charge is -2.09. The fourth-order valence-corrected chi connectivity index (χ4v) is 2.54. The number of hydrogen-bond donors (Lipinski definition) is 1. The lowest BCUT2D eigenvalue weighted by Crippen LogP contribution is -2.34. The summed E-state index contributed by atoms with van der Waals surface area (Å²) in [5.74, 6) is -1.31. The third kappa shape index (κ3) is 5.20. The monoisotopic (exact) mass is 347 g/mol. The number of rotatable bonds is 6. The summed E-state index contributed by atoms with van der Waals surface area (Å²) in [6, 6.07) is 8.87. The zero-order valence-corrected chi connectivity index (χ0v) is 14.1. The summed E-state index contributed by atoms with van der Waals surface area (Å²) in [4.78, 5) is 35.2. The Bertz CT molecular complexity index is 739. The van der Waals surface area contributed by atoms with Crippen LogP contribution in [0.5, 0.6) is 5.75 Å². The van der Waals surface area contributed by atoms with Crippen LogP contribution in [0.4, 0.5) is 0 Å². The van der Waals surface area contributed by atoms with Crippen molar-refractivity contribution < 1.29 is 23.9 Å². The second kappa shape index (κ2) is 8.26. The molecule has 6 nitrogen and oxygen atoms in total. The molecule has 24 heavy (non-hydrogen) atoms. The van der Waals surface area contributed by atoms with Gasteiger partial charge in [-0.3, -0.25) is 14.9 Å². The van der Waals surface area contributed by atoms with Crippen molar-refractivity contribution in [2.75, 3.05) is 13.2 Å². The van der Waals surface area contributed by atoms with Crippen molar-refractivity contribution in [1.29, 1.82) is 0 Å². The van der Waals surface area contributed by atoms with Crippen LogP contribution < -0.4 is 10.1 Å². The maximum Gasteiger partial charge on any atom is 0.344 e. The van der Waals surface area contributed by atoms with Crippen LogP contribution in [0.15, 0.2) is 35.7 Å². The lowest BCUT2D eigenvalue weighted by atomic mass is 10.1. The number of aryl methyl sites for hydroxylation is 2. The Labute approximate surface area is 143 Å². The summed E-state index contributed by atoms with van der Waals surface area (Å²) >= 11 is 1.21. The number of hydrogen-bond acceptors (Lipinski definition) is 6. The molecule has 0 fully saturated rings. The van der Waals surface area contributed by atoms with Gasteiger partial charge in [0.2, 0.25) is 0 Å². The van der Waals surface area contributed by atoms with Gasteiger partial charge in [-0.15, -0.1) is 11.3 Å². The second-order valence-corrected chi connectivity index (χ2v) is 6.02. The third-order valence-electron chi connectivity index (χ3n) is 3.04. The molecule has 1 heterocycles. The lowest BCUT2D eigenvalue weighted by molar-refractivity contribution is -0.150. The Morgan fingerprint density at radius 1 is 1.12 bits per heavy atom. The minimum Gasteiger partial charge on any atom is -0.482 e. The van der Waals surface area contributed by atoms with Crippen LogP contribution in [0.25, 0.3) is 0 Å². The summed E-state index contributed by atoms with van der Waals surface area (Å²) < 4.78 is 10.1. The van der Waals surface area contributed by atoms with Crippen LogP contribution >= 0.6 is 11.3 Å². The minimum absolute atomic E-state index is 0.309. The Kier molecular flexibility index (Phi) is 6.08. The van der Waals surface area contributed by atoms with Crippen molar-refractivity contribution in [2.45, 2.75) is 13.8 Å². The third-order valence-corrected chi connectivity index (χ3v) is 3.91. The first-order valence-electron chi connectivity index (χ1n) is 7.19. The summed E-state index contributed by atoms with van der Waals surface area (Å²) in [5, 5.41) is 3.87. The first-order chi connectivity index (χ1) is 11.5. The van der Waals surface area contributed by atoms with Crippen LogP contribution in [-0.4, -0.2) is 31.0 Å². The number of carbonyl (C=O) groups is 3. The molecule has 1 aromatic heterocycles. The summed E-state index contributed by atoms with van der Waals surface area (Å²) in [6.45, 7) is 2.99. The molecular formula is C17H17NO5S. The van der Waals surface area contributed by atoms with Crippen LogP contribution in [0.3, 0.4) is 0 Å². The van der Waals surface area contributed by atoms with Crippen LogP contribution in [-0.2, 0) is 14.3 Å². The van der Waals surface area contributed by atoms with Gasteiger partial charge in [0, 0.05) is 0 Å². The molecular weight excluding hydrogens is 330 g/mol. The molecule has 2 rings (SSSR count). The highest BCUT2D eigenvalue weighted by Crippen LogP contribution is 2.18. The molecule has 1 aromatic carbocycles. The maximum absolute atomic E-state index is 11.6. The predicted octanol–water partition coefficient (Wildman–Crippen LogP) is 2.24. The molecule has 126 valence electrons. The van der Waals surface area contributed by atoms with E-state index in [2.05, 4.69) is 5.32 Å². The number of esters is 1. The topological polar surface area (TPSA) is 81.7 Å². The van der Waals surface area contributed by atoms with Crippen molar-refractivity contribution in [2.24, 2.45) is 0 Å². The van der Waals surface area contributed by atoms with Gasteiger partial charge in [0.1, 0.15) is 5.75 Å². The maximum atomic E-state index is 11.6. The van der Waals surface area contributed by atoms with Crippen molar-refractivity contribution in [1.82, 2.24) is 5.32 Å². The van der Waals surface area contributed by atoms with E-state index in [1.807, 2.05) is 26.0 Å². The van der Waals surface area contributed by atoms with Crippen LogP contribution in [0.1, 0.15) is 20.8 Å². The smallest absolute Gasteiger partial charge is 0.344 e. The average molecular weight is 347 g/mol. The molecule has 0 atom stereocenters. The standard InChI is InChI=1S/C17H17NO5S/c1-11-5-6-13(12(2)8-11)22-10-16(20)23-9-15(19)18-17(21)14-4-3-7-24-14/h3-8H,9-10H2,1-2H3,(H,18,19,21). The second-order valence-electron chi connectivity index (χ2n) is 5.07. The van der Waals surface area contributed by atoms with Gasteiger partial charge in [0.05, 0.1) is 4.88 Å². The Morgan fingerprint density at radius 3 is 2.58 bits per heavy atom. The van der Waals surface area contributed by atoms with Crippen LogP contribution in [0, 0.1) is 13.8 Å². The van der Waals surface area contributed by atoms with Crippen molar-refractivity contribution in [3.63, 3.8) is 0 Å². The van der Waals surface area contributed by atoms with Gasteiger partial charge >= 0.3 is 5.97 Å². The first-order valence-corrected chi connectivity index (χ1v) is 8.07. The number of nitrogens with one attached hydrogen (secondary N) is 1. The number of benzene rings is 1. The molecule has 0 unspecified atom stereocenters. The van der Waals surface area contributed by atoms with Gasteiger partial charge in [0.25, 0.3) is 11.8 Å². The zero-order chi connectivity index (χ0) is 17.5. The van der Waals surface area contributed by atoms with Gasteiger partial charge in [-0.25, -0.2) is 4.79 Å². The minimum atomic E-state index is -0.687. The van der Waals surface area contributed by atoms with Gasteiger partial charge in [-0.1, -0.05) is 23.8 Å². The largest absolute Gasteiger partial charge is 0.482 e. The van der Waals surface area contributed by atoms with Gasteiger partial charge < -0.3 is 9.47 Å². The molecule has 0 spiro atoms. The van der Waals surface area contributed by atoms with Gasteiger partial charge in [-0.2, -0.15) is 0 Å². The van der Waals surface area contributed by atoms with E-state index >= 15 is 0 Å². The highest BCUT2D eigenvalue weighted by molar-refractivity contribution is 7.12. The predicted molar refractivity (Wildman–Crippen MR) is 89.2 cm³/mol. The Balaban J connectivity index is 1.72. The first kappa shape index (κ1) is 17.7. The van der Waals surface area contributed by atoms with Crippen LogP contribution in [0.2, 0.25) is 0 Å². The van der Waals surface area contributed by atoms with E-state index in [0.29, 0.717) is 10.6 Å². The highest BCUT2D eigenvalue weighted by atomic mass is 32.1. The Hall–Kier alpha value is -2.67. The molecule has 0 saturated carbocycles. The summed E-state index contributed by atoms with van der Waals surface area (Å²) in [5.41, 5.74) is 2.00. The summed E-state index contributed by atoms with van der Waals surface area (Å²) in [6.07, 6.45) is 0. The molecule has 2 aromatic rings. The normalized spacial score (nSPS) is 10.1. The van der Waals surface area contributed by atoms with Gasteiger partial charge in [0.15, 0.2) is 13.2 Å². The van der Waals surface area contributed by atoms with E-state index < -0.39 is 24.4 Å². The van der Waals surface area contributed by atoms with E-state index in [0.717, 1.165) is 11.1 Å². The molecule has 0 radical (unpaired) electrons. The summed E-state index contributed by atoms with van der Waals surface area (Å²) in [7, 11) is 0. The molecule has 7 heteroatoms. The number of imide groups is 1. The van der Waals surface area contributed by atoms with E-state index in [-0.39, 0.29) is 6.61 Å². The molecule has 0 bridgehead atoms. The van der Waals surface area contributed by atoms with E-state index in [1.165, 1.54) is 11.3 Å². The number of carbonyl (C=O) groups excluding carboxylic acids is 3. The van der Waals surface area contributed by atoms with Gasteiger partial charge in [-0.05, 0) is 36.9 Å². The van der Waals surface area contributed by atoms with E-state index in [9.17, 15) is 14.4 Å². The molecule has 0 aliphatic heterocycles. The average Bonchev–Trinajstić information content (AvgIpc) is 3.06. The van der Waals surface area contributed by atoms with E-state index in [1.54, 1.807) is 23.6 Å². The fourth-order valence-electron chi connectivity index (χ4n) is 1.92. The number of thiophene rings is 1. The van der Waals surface area contributed by atoms with Crippen molar-refractivity contribution in [3.05, 3.63) is 51.7 Å². The van der Waals surface area contributed by atoms with E-state index in [4.69, 9.17) is 9.47 Å². The molecule has 0 aliphatic rings. The van der Waals surface area contributed by atoms with Crippen molar-refractivity contribution in [3.8, 4) is 5.75 Å². The SMILES string of the molecule is Cc1ccc(OCC(=O)OCC(=O)NC(=O)c2cccs2)c(C)c1.